The molecule has 0 bridgehead atoms. The Morgan fingerprint density at radius 1 is 1.20 bits per heavy atom. The summed E-state index contributed by atoms with van der Waals surface area (Å²) in [7, 11) is 2.68. The maximum absolute atomic E-state index is 11.9. The molecule has 0 amide bonds. The van der Waals surface area contributed by atoms with Gasteiger partial charge >= 0.3 is 0 Å². The summed E-state index contributed by atoms with van der Waals surface area (Å²) >= 11 is 6.80. The third kappa shape index (κ3) is 3.97. The number of hydrogen-bond donors (Lipinski definition) is 0. The van der Waals surface area contributed by atoms with Crippen LogP contribution in [-0.4, -0.2) is 11.9 Å². The lowest BCUT2D eigenvalue weighted by molar-refractivity contribution is 0.0978. The topological polar surface area (TPSA) is 17.1 Å². The van der Waals surface area contributed by atoms with E-state index in [1.54, 1.807) is 0 Å². The van der Waals surface area contributed by atoms with Gasteiger partial charge < -0.3 is 0 Å². The van der Waals surface area contributed by atoms with E-state index in [4.69, 9.17) is 0 Å². The molecule has 1 nitrogen and oxygen atoms in total. The molecule has 0 aliphatic heterocycles. The molecule has 1 aromatic rings. The van der Waals surface area contributed by atoms with Gasteiger partial charge in [-0.1, -0.05) is 37.9 Å². The monoisotopic (exact) mass is 350 g/mol. The minimum atomic E-state index is 0.202. The number of unbranched alkanes of at least 4 members (excludes halogenated alkanes) is 1. The van der Waals surface area contributed by atoms with Crippen molar-refractivity contribution >= 4 is 46.9 Å². The van der Waals surface area contributed by atoms with Crippen LogP contribution in [0.5, 0.6) is 0 Å². The normalized spacial score (nSPS) is 10.3. The van der Waals surface area contributed by atoms with Gasteiger partial charge in [0, 0.05) is 20.9 Å². The zero-order chi connectivity index (χ0) is 11.3. The molecule has 0 saturated carbocycles. The summed E-state index contributed by atoms with van der Waals surface area (Å²) in [6.45, 7) is 0. The Kier molecular flexibility index (Phi) is 6.03. The van der Waals surface area contributed by atoms with Crippen molar-refractivity contribution in [2.24, 2.45) is 0 Å². The summed E-state index contributed by atoms with van der Waals surface area (Å²) < 4.78 is 1.74. The van der Waals surface area contributed by atoms with Crippen molar-refractivity contribution in [3.05, 3.63) is 32.7 Å². The number of rotatable bonds is 5. The van der Waals surface area contributed by atoms with E-state index in [0.29, 0.717) is 6.42 Å². The molecule has 0 heterocycles. The zero-order valence-electron chi connectivity index (χ0n) is 8.30. The molecular formula is C11H13Br2OP. The van der Waals surface area contributed by atoms with Crippen LogP contribution in [0.3, 0.4) is 0 Å². The van der Waals surface area contributed by atoms with Crippen molar-refractivity contribution in [2.45, 2.75) is 19.3 Å². The molecule has 0 fully saturated rings. The molecule has 15 heavy (non-hydrogen) atoms. The van der Waals surface area contributed by atoms with E-state index in [1.807, 2.05) is 18.2 Å². The summed E-state index contributed by atoms with van der Waals surface area (Å²) in [6.07, 6.45) is 3.72. The Morgan fingerprint density at radius 2 is 1.80 bits per heavy atom. The number of carbonyl (C=O) groups is 1. The van der Waals surface area contributed by atoms with Gasteiger partial charge in [0.05, 0.1) is 0 Å². The lowest BCUT2D eigenvalue weighted by Gasteiger charge is -2.05. The highest BCUT2D eigenvalue weighted by Gasteiger charge is 2.12. The van der Waals surface area contributed by atoms with Crippen LogP contribution in [-0.2, 0) is 0 Å². The first-order valence-electron chi connectivity index (χ1n) is 4.84. The predicted octanol–water partition coefficient (Wildman–Crippen LogP) is 4.44. The van der Waals surface area contributed by atoms with E-state index in [2.05, 4.69) is 41.1 Å². The number of carbonyl (C=O) groups excluding carboxylic acids is 1. The first-order chi connectivity index (χ1) is 7.16. The number of hydrogen-bond acceptors (Lipinski definition) is 1. The van der Waals surface area contributed by atoms with Crippen LogP contribution in [0.1, 0.15) is 29.6 Å². The van der Waals surface area contributed by atoms with E-state index in [-0.39, 0.29) is 5.78 Å². The molecule has 1 aromatic carbocycles. The highest BCUT2D eigenvalue weighted by molar-refractivity contribution is 9.11. The highest BCUT2D eigenvalue weighted by atomic mass is 79.9. The Morgan fingerprint density at radius 3 is 2.33 bits per heavy atom. The second-order valence-corrected chi connectivity index (χ2v) is 5.55. The second-order valence-electron chi connectivity index (χ2n) is 3.27. The molecule has 82 valence electrons. The average Bonchev–Trinajstić information content (AvgIpc) is 2.18. The maximum Gasteiger partial charge on any atom is 0.165 e. The van der Waals surface area contributed by atoms with Crippen LogP contribution in [0.15, 0.2) is 27.1 Å². The van der Waals surface area contributed by atoms with Crippen molar-refractivity contribution in [1.29, 1.82) is 0 Å². The number of ketones is 1. The number of benzene rings is 1. The fraction of sp³-hybridized carbons (Fsp3) is 0.364. The number of halogens is 2. The van der Waals surface area contributed by atoms with Crippen molar-refractivity contribution < 1.29 is 4.79 Å². The molecule has 0 radical (unpaired) electrons. The molecule has 1 unspecified atom stereocenters. The van der Waals surface area contributed by atoms with Crippen LogP contribution < -0.4 is 0 Å². The minimum Gasteiger partial charge on any atom is -0.294 e. The van der Waals surface area contributed by atoms with Crippen molar-refractivity contribution in [3.8, 4) is 0 Å². The SMILES string of the molecule is O=C(CCCCP)c1c(Br)cccc1Br. The van der Waals surface area contributed by atoms with E-state index in [0.717, 1.165) is 33.5 Å². The summed E-state index contributed by atoms with van der Waals surface area (Å²) in [5.74, 6) is 0.202. The Bertz CT molecular complexity index is 332. The number of Topliss-reactive ketones (excluding diaryl/α,β-unsaturated/α-hetero) is 1. The highest BCUT2D eigenvalue weighted by Crippen LogP contribution is 2.26. The van der Waals surface area contributed by atoms with Gasteiger partial charge in [0.15, 0.2) is 5.78 Å². The molecule has 4 heteroatoms. The molecule has 0 aliphatic carbocycles. The largest absolute Gasteiger partial charge is 0.294 e. The second kappa shape index (κ2) is 6.78. The quantitative estimate of drug-likeness (QED) is 0.435. The smallest absolute Gasteiger partial charge is 0.165 e. The fourth-order valence-electron chi connectivity index (χ4n) is 1.32. The summed E-state index contributed by atoms with van der Waals surface area (Å²) in [4.78, 5) is 11.9. The van der Waals surface area contributed by atoms with Crippen molar-refractivity contribution in [2.75, 3.05) is 6.16 Å². The van der Waals surface area contributed by atoms with E-state index >= 15 is 0 Å². The Labute approximate surface area is 109 Å². The molecule has 0 spiro atoms. The fourth-order valence-corrected chi connectivity index (χ4v) is 3.05. The molecule has 1 atom stereocenters. The Balaban J connectivity index is 2.73. The zero-order valence-corrected chi connectivity index (χ0v) is 12.6. The van der Waals surface area contributed by atoms with Gasteiger partial charge in [-0.25, -0.2) is 0 Å². The van der Waals surface area contributed by atoms with Crippen LogP contribution in [0, 0.1) is 0 Å². The van der Waals surface area contributed by atoms with Crippen LogP contribution >= 0.6 is 41.1 Å². The summed E-state index contributed by atoms with van der Waals surface area (Å²) in [5, 5.41) is 0. The van der Waals surface area contributed by atoms with Crippen LogP contribution in [0.25, 0.3) is 0 Å². The van der Waals surface area contributed by atoms with Crippen LogP contribution in [0.2, 0.25) is 0 Å². The lowest BCUT2D eigenvalue weighted by Crippen LogP contribution is -2.01. The van der Waals surface area contributed by atoms with E-state index in [9.17, 15) is 4.79 Å². The predicted molar refractivity (Wildman–Crippen MR) is 74.6 cm³/mol. The minimum absolute atomic E-state index is 0.202. The molecular weight excluding hydrogens is 339 g/mol. The van der Waals surface area contributed by atoms with E-state index in [1.165, 1.54) is 0 Å². The standard InChI is InChI=1S/C11H13Br2OP/c12-8-4-3-5-9(13)11(8)10(14)6-1-2-7-15/h3-5H,1-2,6-7,15H2. The van der Waals surface area contributed by atoms with Gasteiger partial charge in [-0.3, -0.25) is 4.79 Å². The van der Waals surface area contributed by atoms with Crippen molar-refractivity contribution in [1.82, 2.24) is 0 Å². The lowest BCUT2D eigenvalue weighted by atomic mass is 10.1. The van der Waals surface area contributed by atoms with E-state index < -0.39 is 0 Å². The van der Waals surface area contributed by atoms with Gasteiger partial charge in [0.2, 0.25) is 0 Å². The third-order valence-electron chi connectivity index (χ3n) is 2.10. The molecule has 0 aromatic heterocycles. The van der Waals surface area contributed by atoms with Gasteiger partial charge in [0.1, 0.15) is 0 Å². The first kappa shape index (κ1) is 13.3. The molecule has 0 saturated heterocycles. The van der Waals surface area contributed by atoms with Gasteiger partial charge in [-0.2, -0.15) is 0 Å². The van der Waals surface area contributed by atoms with Gasteiger partial charge in [-0.05, 0) is 31.1 Å². The van der Waals surface area contributed by atoms with Gasteiger partial charge in [0.25, 0.3) is 0 Å². The third-order valence-corrected chi connectivity index (χ3v) is 3.83. The molecule has 1 rings (SSSR count). The van der Waals surface area contributed by atoms with Crippen molar-refractivity contribution in [3.63, 3.8) is 0 Å². The maximum atomic E-state index is 11.9. The molecule has 0 aliphatic rings. The summed E-state index contributed by atoms with van der Waals surface area (Å²) in [6, 6.07) is 5.70. The summed E-state index contributed by atoms with van der Waals surface area (Å²) in [5.41, 5.74) is 0.765. The Hall–Kier alpha value is 0.280. The average molecular weight is 352 g/mol. The molecule has 0 N–H and O–H groups in total. The first-order valence-corrected chi connectivity index (χ1v) is 7.24. The van der Waals surface area contributed by atoms with Gasteiger partial charge in [-0.15, -0.1) is 9.24 Å². The van der Waals surface area contributed by atoms with Crippen LogP contribution in [0.4, 0.5) is 0 Å².